The van der Waals surface area contributed by atoms with E-state index >= 15 is 0 Å². The number of thioether (sulfide) groups is 1. The predicted octanol–water partition coefficient (Wildman–Crippen LogP) is 4.24. The molecule has 154 valence electrons. The molecule has 2 aromatic heterocycles. The summed E-state index contributed by atoms with van der Waals surface area (Å²) in [5, 5.41) is 0.550. The molecule has 5 bridgehead atoms. The van der Waals surface area contributed by atoms with Gasteiger partial charge in [-0.2, -0.15) is 0 Å². The van der Waals surface area contributed by atoms with Crippen molar-refractivity contribution in [3.8, 4) is 0 Å². The molecule has 29 heavy (non-hydrogen) atoms. The number of fused-ring (bicyclic) bond motifs is 5. The molecule has 5 unspecified atom stereocenters. The first-order valence-corrected chi connectivity index (χ1v) is 11.7. The average Bonchev–Trinajstić information content (AvgIpc) is 2.95. The van der Waals surface area contributed by atoms with Crippen LogP contribution < -0.4 is 0 Å². The van der Waals surface area contributed by atoms with Gasteiger partial charge in [0.15, 0.2) is 5.58 Å². The maximum Gasteiger partial charge on any atom is 0.342 e. The number of rotatable bonds is 6. The maximum absolute atomic E-state index is 12.8. The number of esters is 2. The van der Waals surface area contributed by atoms with Crippen molar-refractivity contribution >= 4 is 46.6 Å². The minimum absolute atomic E-state index is 0.166. The van der Waals surface area contributed by atoms with E-state index in [0.717, 1.165) is 27.4 Å². The van der Waals surface area contributed by atoms with Crippen LogP contribution in [-0.4, -0.2) is 41.4 Å². The molecule has 1 spiro atoms. The number of hydrogen-bond acceptors (Lipinski definition) is 8. The molecule has 4 fully saturated rings. The van der Waals surface area contributed by atoms with E-state index < -0.39 is 5.41 Å². The summed E-state index contributed by atoms with van der Waals surface area (Å²) in [5.74, 6) is -0.573. The molecular weight excluding hydrogens is 412 g/mol. The highest BCUT2D eigenvalue weighted by molar-refractivity contribution is 8.05. The van der Waals surface area contributed by atoms with E-state index in [4.69, 9.17) is 18.6 Å². The van der Waals surface area contributed by atoms with E-state index in [9.17, 15) is 9.59 Å². The molecule has 7 rings (SSSR count). The molecule has 0 radical (unpaired) electrons. The Kier molecular flexibility index (Phi) is 3.58. The van der Waals surface area contributed by atoms with Crippen LogP contribution in [0.3, 0.4) is 0 Å². The van der Waals surface area contributed by atoms with Gasteiger partial charge in [-0.25, -0.2) is 4.79 Å². The normalized spacial score (nSPS) is 33.7. The van der Waals surface area contributed by atoms with Crippen LogP contribution in [0.5, 0.6) is 0 Å². The van der Waals surface area contributed by atoms with Gasteiger partial charge < -0.3 is 18.6 Å². The summed E-state index contributed by atoms with van der Waals surface area (Å²) >= 11 is 3.44. The Labute approximate surface area is 176 Å². The predicted molar refractivity (Wildman–Crippen MR) is 108 cm³/mol. The van der Waals surface area contributed by atoms with Gasteiger partial charge in [0, 0.05) is 28.6 Å². The zero-order valence-electron chi connectivity index (χ0n) is 16.7. The summed E-state index contributed by atoms with van der Waals surface area (Å²) in [5.41, 5.74) is 2.34. The topological polar surface area (TPSA) is 75.0 Å². The van der Waals surface area contributed by atoms with Crippen LogP contribution in [0.15, 0.2) is 14.2 Å². The largest absolute Gasteiger partial charge is 0.465 e. The van der Waals surface area contributed by atoms with Gasteiger partial charge >= 0.3 is 11.9 Å². The Morgan fingerprint density at radius 2 is 1.90 bits per heavy atom. The first kappa shape index (κ1) is 18.4. The lowest BCUT2D eigenvalue weighted by atomic mass is 9.78. The minimum Gasteiger partial charge on any atom is -0.465 e. The van der Waals surface area contributed by atoms with Crippen molar-refractivity contribution in [3.63, 3.8) is 0 Å². The first-order valence-electron chi connectivity index (χ1n) is 9.96. The van der Waals surface area contributed by atoms with E-state index in [1.807, 2.05) is 20.8 Å². The van der Waals surface area contributed by atoms with E-state index in [1.54, 1.807) is 23.5 Å². The van der Waals surface area contributed by atoms with Crippen LogP contribution in [0, 0.1) is 24.2 Å². The number of hydrogen-bond donors (Lipinski definition) is 0. The number of carbonyl (C=O) groups is 2. The summed E-state index contributed by atoms with van der Waals surface area (Å²) in [6, 6.07) is 0. The van der Waals surface area contributed by atoms with Crippen molar-refractivity contribution in [1.82, 2.24) is 0 Å². The molecule has 5 aliphatic rings. The molecular formula is C21H22O6S2. The van der Waals surface area contributed by atoms with Gasteiger partial charge in [0.2, 0.25) is 0 Å². The fraction of sp³-hybridized carbons (Fsp3) is 0.619. The van der Waals surface area contributed by atoms with E-state index in [-0.39, 0.29) is 48.0 Å². The van der Waals surface area contributed by atoms with Gasteiger partial charge in [-0.05, 0) is 6.92 Å². The van der Waals surface area contributed by atoms with Crippen molar-refractivity contribution in [2.45, 2.75) is 60.2 Å². The number of benzene rings is 1. The van der Waals surface area contributed by atoms with Crippen LogP contribution in [0.2, 0.25) is 0 Å². The highest BCUT2D eigenvalue weighted by Gasteiger charge is 2.73. The zero-order valence-corrected chi connectivity index (χ0v) is 18.3. The number of carbonyl (C=O) groups excluding carboxylic acids is 2. The molecule has 0 saturated carbocycles. The highest BCUT2D eigenvalue weighted by atomic mass is 32.2. The third-order valence-electron chi connectivity index (χ3n) is 6.64. The molecule has 5 aliphatic heterocycles. The van der Waals surface area contributed by atoms with Crippen LogP contribution in [-0.2, 0) is 19.0 Å². The third-order valence-corrected chi connectivity index (χ3v) is 9.28. The van der Waals surface area contributed by atoms with Gasteiger partial charge in [0.1, 0.15) is 22.0 Å². The van der Waals surface area contributed by atoms with Crippen molar-refractivity contribution in [3.05, 3.63) is 11.1 Å². The molecule has 7 heterocycles. The second kappa shape index (κ2) is 5.65. The van der Waals surface area contributed by atoms with Gasteiger partial charge in [0.05, 0.1) is 29.1 Å². The van der Waals surface area contributed by atoms with Gasteiger partial charge in [0.25, 0.3) is 0 Å². The molecule has 0 aromatic carbocycles. The quantitative estimate of drug-likeness (QED) is 0.421. The van der Waals surface area contributed by atoms with Crippen molar-refractivity contribution in [2.24, 2.45) is 17.3 Å². The van der Waals surface area contributed by atoms with E-state index in [1.165, 1.54) is 0 Å². The standard InChI is InChI=1S/C21H22O6S2/c1-8-11(15-17-16(28-17)14(8)26-15)18(22)24-6-20(3,4)7-25-19(23)12-9(2)13-10-5-21(12,27-13)29-10/h9-10,12-13H,5-7H2,1-4H3. The van der Waals surface area contributed by atoms with Crippen molar-refractivity contribution in [1.29, 1.82) is 0 Å². The van der Waals surface area contributed by atoms with Crippen LogP contribution in [0.25, 0.3) is 11.2 Å². The maximum atomic E-state index is 12.8. The van der Waals surface area contributed by atoms with E-state index in [0.29, 0.717) is 16.4 Å². The Balaban J connectivity index is 1.06. The number of ether oxygens (including phenoxy) is 3. The summed E-state index contributed by atoms with van der Waals surface area (Å²) < 4.78 is 23.0. The van der Waals surface area contributed by atoms with Gasteiger partial charge in [-0.15, -0.1) is 11.8 Å². The summed E-state index contributed by atoms with van der Waals surface area (Å²) in [6.07, 6.45) is 1.14. The lowest BCUT2D eigenvalue weighted by Crippen LogP contribution is -2.52. The second-order valence-electron chi connectivity index (χ2n) is 9.46. The van der Waals surface area contributed by atoms with Gasteiger partial charge in [-0.1, -0.05) is 32.5 Å². The lowest BCUT2D eigenvalue weighted by Gasteiger charge is -2.45. The zero-order chi connectivity index (χ0) is 20.3. The summed E-state index contributed by atoms with van der Waals surface area (Å²) in [6.45, 7) is 8.19. The molecule has 6 nitrogen and oxygen atoms in total. The number of furan rings is 2. The van der Waals surface area contributed by atoms with Crippen LogP contribution in [0.4, 0.5) is 0 Å². The monoisotopic (exact) mass is 434 g/mol. The third kappa shape index (κ3) is 2.42. The van der Waals surface area contributed by atoms with Crippen LogP contribution in [0.1, 0.15) is 43.1 Å². The second-order valence-corrected chi connectivity index (χ2v) is 12.0. The first-order chi connectivity index (χ1) is 13.7. The Morgan fingerprint density at radius 3 is 2.55 bits per heavy atom. The molecule has 0 N–H and O–H groups in total. The molecule has 8 heteroatoms. The molecule has 2 aromatic rings. The average molecular weight is 435 g/mol. The molecule has 4 saturated heterocycles. The fourth-order valence-electron chi connectivity index (χ4n) is 5.04. The molecule has 0 amide bonds. The van der Waals surface area contributed by atoms with Gasteiger partial charge in [-0.3, -0.25) is 4.79 Å². The fourth-order valence-corrected chi connectivity index (χ4v) is 7.78. The number of aryl methyl sites for hydroxylation is 1. The summed E-state index contributed by atoms with van der Waals surface area (Å²) in [7, 11) is 0. The lowest BCUT2D eigenvalue weighted by molar-refractivity contribution is -0.156. The Bertz CT molecular complexity index is 1050. The Morgan fingerprint density at radius 1 is 1.21 bits per heavy atom. The highest BCUT2D eigenvalue weighted by Crippen LogP contribution is 2.70. The van der Waals surface area contributed by atoms with E-state index in [2.05, 4.69) is 6.92 Å². The van der Waals surface area contributed by atoms with Crippen molar-refractivity contribution in [2.75, 3.05) is 13.2 Å². The molecule has 0 aliphatic carbocycles. The SMILES string of the molecule is Cc1c(C(=O)OCC(C)(C)COC(=O)C2C(C)C3OC24CC3S4)c2oc1c1c2S1. The Hall–Kier alpha value is -1.38. The summed E-state index contributed by atoms with van der Waals surface area (Å²) in [4.78, 5) is 27.3. The van der Waals surface area contributed by atoms with Crippen LogP contribution >= 0.6 is 23.5 Å². The molecule has 5 atom stereocenters. The minimum atomic E-state index is -0.483. The smallest absolute Gasteiger partial charge is 0.342 e. The van der Waals surface area contributed by atoms with Crippen molar-refractivity contribution < 1.29 is 28.2 Å².